The number of piperidine rings is 1. The van der Waals surface area contributed by atoms with Gasteiger partial charge in [-0.2, -0.15) is 4.31 Å². The molecule has 3 fully saturated rings. The Kier molecular flexibility index (Phi) is 4.58. The zero-order chi connectivity index (χ0) is 19.3. The van der Waals surface area contributed by atoms with E-state index in [0.717, 1.165) is 19.3 Å². The normalized spacial score (nSPS) is 33.3. The van der Waals surface area contributed by atoms with Gasteiger partial charge in [-0.1, -0.05) is 13.8 Å². The lowest BCUT2D eigenvalue weighted by Crippen LogP contribution is -2.50. The van der Waals surface area contributed by atoms with Crippen LogP contribution in [0.3, 0.4) is 0 Å². The van der Waals surface area contributed by atoms with E-state index in [9.17, 15) is 13.2 Å². The molecule has 27 heavy (non-hydrogen) atoms. The van der Waals surface area contributed by atoms with Crippen LogP contribution in [0.5, 0.6) is 5.75 Å². The summed E-state index contributed by atoms with van der Waals surface area (Å²) in [6, 6.07) is 3.57. The van der Waals surface area contributed by atoms with Gasteiger partial charge in [0.2, 0.25) is 10.0 Å². The number of ether oxygens (including phenoxy) is 1. The van der Waals surface area contributed by atoms with E-state index >= 15 is 0 Å². The van der Waals surface area contributed by atoms with Crippen LogP contribution in [0.4, 0.5) is 0 Å². The fourth-order valence-electron chi connectivity index (χ4n) is 5.37. The maximum atomic E-state index is 13.3. The third-order valence-electron chi connectivity index (χ3n) is 7.25. The molecule has 2 heterocycles. The molecule has 3 aliphatic rings. The second-order valence-electron chi connectivity index (χ2n) is 8.85. The summed E-state index contributed by atoms with van der Waals surface area (Å²) in [5, 5.41) is 0. The first-order chi connectivity index (χ1) is 12.7. The van der Waals surface area contributed by atoms with Crippen molar-refractivity contribution in [3.05, 3.63) is 24.5 Å². The number of sulfonamides is 1. The van der Waals surface area contributed by atoms with Crippen molar-refractivity contribution in [1.29, 1.82) is 0 Å². The molecule has 0 N–H and O–H groups in total. The molecule has 7 heteroatoms. The van der Waals surface area contributed by atoms with Crippen LogP contribution in [-0.4, -0.2) is 48.4 Å². The molecule has 6 nitrogen and oxygen atoms in total. The molecule has 148 valence electrons. The van der Waals surface area contributed by atoms with Gasteiger partial charge in [-0.3, -0.25) is 9.78 Å². The maximum Gasteiger partial charge on any atom is 0.215 e. The van der Waals surface area contributed by atoms with Gasteiger partial charge in [0.1, 0.15) is 17.6 Å². The smallest absolute Gasteiger partial charge is 0.215 e. The highest BCUT2D eigenvalue weighted by molar-refractivity contribution is 7.89. The summed E-state index contributed by atoms with van der Waals surface area (Å²) in [5.74, 6) is 1.13. The van der Waals surface area contributed by atoms with E-state index in [1.807, 2.05) is 0 Å². The van der Waals surface area contributed by atoms with Crippen LogP contribution in [0.1, 0.15) is 46.0 Å². The lowest BCUT2D eigenvalue weighted by atomic mass is 9.70. The third-order valence-corrected chi connectivity index (χ3v) is 9.23. The van der Waals surface area contributed by atoms with Crippen LogP contribution in [0.25, 0.3) is 0 Å². The topological polar surface area (TPSA) is 76.6 Å². The van der Waals surface area contributed by atoms with Gasteiger partial charge >= 0.3 is 0 Å². The number of nitrogens with zero attached hydrogens (tertiary/aromatic N) is 2. The number of carbonyl (C=O) groups is 1. The van der Waals surface area contributed by atoms with Gasteiger partial charge in [0.25, 0.3) is 0 Å². The van der Waals surface area contributed by atoms with Crippen LogP contribution in [-0.2, 0) is 14.8 Å². The van der Waals surface area contributed by atoms with E-state index < -0.39 is 15.4 Å². The molecule has 3 unspecified atom stereocenters. The second-order valence-corrected chi connectivity index (χ2v) is 10.8. The number of pyridine rings is 1. The molecule has 1 saturated heterocycles. The summed E-state index contributed by atoms with van der Waals surface area (Å²) in [4.78, 5) is 16.7. The van der Waals surface area contributed by atoms with Gasteiger partial charge in [-0.15, -0.1) is 0 Å². The van der Waals surface area contributed by atoms with E-state index in [1.165, 1.54) is 0 Å². The first-order valence-electron chi connectivity index (χ1n) is 9.82. The molecule has 2 saturated carbocycles. The van der Waals surface area contributed by atoms with Gasteiger partial charge in [-0.25, -0.2) is 8.42 Å². The average molecular weight is 393 g/mol. The Morgan fingerprint density at radius 1 is 1.26 bits per heavy atom. The third kappa shape index (κ3) is 3.09. The minimum atomic E-state index is -3.52. The number of aromatic nitrogens is 1. The summed E-state index contributed by atoms with van der Waals surface area (Å²) < 4.78 is 34.0. The van der Waals surface area contributed by atoms with Gasteiger partial charge < -0.3 is 4.74 Å². The molecule has 2 bridgehead atoms. The molecule has 2 aliphatic carbocycles. The van der Waals surface area contributed by atoms with E-state index in [4.69, 9.17) is 4.74 Å². The summed E-state index contributed by atoms with van der Waals surface area (Å²) in [7, 11) is -3.52. The van der Waals surface area contributed by atoms with Crippen molar-refractivity contribution >= 4 is 15.8 Å². The fourth-order valence-corrected chi connectivity index (χ4v) is 7.66. The van der Waals surface area contributed by atoms with Crippen LogP contribution < -0.4 is 4.74 Å². The van der Waals surface area contributed by atoms with Gasteiger partial charge in [0.05, 0.1) is 12.3 Å². The van der Waals surface area contributed by atoms with Crippen LogP contribution in [0.15, 0.2) is 24.5 Å². The highest BCUT2D eigenvalue weighted by Gasteiger charge is 2.65. The Morgan fingerprint density at radius 2 is 2.00 bits per heavy atom. The summed E-state index contributed by atoms with van der Waals surface area (Å²) in [6.45, 7) is 5.01. The van der Waals surface area contributed by atoms with Crippen LogP contribution in [0, 0.1) is 16.7 Å². The van der Waals surface area contributed by atoms with Crippen molar-refractivity contribution in [1.82, 2.24) is 9.29 Å². The second kappa shape index (κ2) is 6.55. The van der Waals surface area contributed by atoms with Crippen molar-refractivity contribution in [3.63, 3.8) is 0 Å². The Morgan fingerprint density at radius 3 is 2.63 bits per heavy atom. The molecule has 1 aromatic heterocycles. The molecular formula is C20H28N2O4S. The number of carbonyl (C=O) groups excluding carboxylic acids is 1. The summed E-state index contributed by atoms with van der Waals surface area (Å²) in [5.41, 5.74) is -0.949. The Hall–Kier alpha value is -1.47. The molecule has 4 rings (SSSR count). The van der Waals surface area contributed by atoms with Crippen molar-refractivity contribution in [3.8, 4) is 5.75 Å². The first-order valence-corrected chi connectivity index (χ1v) is 11.4. The molecule has 0 aromatic carbocycles. The zero-order valence-electron chi connectivity index (χ0n) is 16.1. The monoisotopic (exact) mass is 392 g/mol. The van der Waals surface area contributed by atoms with Crippen molar-refractivity contribution in [2.45, 2.75) is 52.1 Å². The van der Waals surface area contributed by atoms with Crippen molar-refractivity contribution in [2.75, 3.05) is 18.8 Å². The van der Waals surface area contributed by atoms with Gasteiger partial charge in [0.15, 0.2) is 0 Å². The molecular weight excluding hydrogens is 364 g/mol. The highest BCUT2D eigenvalue weighted by Crippen LogP contribution is 2.64. The van der Waals surface area contributed by atoms with Crippen LogP contribution >= 0.6 is 0 Å². The fraction of sp³-hybridized carbons (Fsp3) is 0.700. The van der Waals surface area contributed by atoms with E-state index in [-0.39, 0.29) is 23.1 Å². The number of ketones is 1. The Balaban J connectivity index is 1.49. The zero-order valence-corrected chi connectivity index (χ0v) is 16.9. The number of hydrogen-bond donors (Lipinski definition) is 0. The standard InChI is InChI=1S/C20H28N2O4S/c1-19(2)15-5-8-20(19,18(23)12-15)14-27(24,25)22-11-3-4-17(13-22)26-16-6-9-21-10-7-16/h6-7,9-10,15,17H,3-5,8,11-14H2,1-2H3. The lowest BCUT2D eigenvalue weighted by molar-refractivity contribution is -0.128. The predicted octanol–water partition coefficient (Wildman–Crippen LogP) is 2.65. The van der Waals surface area contributed by atoms with E-state index in [2.05, 4.69) is 18.8 Å². The van der Waals surface area contributed by atoms with Crippen molar-refractivity contribution < 1.29 is 17.9 Å². The minimum Gasteiger partial charge on any atom is -0.489 e. The number of fused-ring (bicyclic) bond motifs is 2. The predicted molar refractivity (Wildman–Crippen MR) is 102 cm³/mol. The average Bonchev–Trinajstić information content (AvgIpc) is 2.97. The molecule has 3 atom stereocenters. The van der Waals surface area contributed by atoms with Gasteiger partial charge in [-0.05, 0) is 49.1 Å². The van der Waals surface area contributed by atoms with E-state index in [0.29, 0.717) is 37.6 Å². The Bertz CT molecular complexity index is 824. The largest absolute Gasteiger partial charge is 0.489 e. The van der Waals surface area contributed by atoms with Crippen molar-refractivity contribution in [2.24, 2.45) is 16.7 Å². The first kappa shape index (κ1) is 18.9. The van der Waals surface area contributed by atoms with Gasteiger partial charge in [0, 0.05) is 30.8 Å². The summed E-state index contributed by atoms with van der Waals surface area (Å²) in [6.07, 6.45) is 6.95. The SMILES string of the molecule is CC1(C)C2CCC1(CS(=O)(=O)N1CCCC(Oc3ccncc3)C1)C(=O)C2. The minimum absolute atomic E-state index is 0.0513. The van der Waals surface area contributed by atoms with Crippen LogP contribution in [0.2, 0.25) is 0 Å². The summed E-state index contributed by atoms with van der Waals surface area (Å²) >= 11 is 0. The number of Topliss-reactive ketones (excluding diaryl/α,β-unsaturated/α-hetero) is 1. The lowest BCUT2D eigenvalue weighted by Gasteiger charge is -2.39. The molecule has 1 aromatic rings. The number of rotatable bonds is 5. The molecule has 0 radical (unpaired) electrons. The Labute approximate surface area is 161 Å². The number of hydrogen-bond acceptors (Lipinski definition) is 5. The van der Waals surface area contributed by atoms with E-state index in [1.54, 1.807) is 28.8 Å². The highest BCUT2D eigenvalue weighted by atomic mass is 32.2. The maximum absolute atomic E-state index is 13.3. The molecule has 1 aliphatic heterocycles. The molecule has 0 spiro atoms. The quantitative estimate of drug-likeness (QED) is 0.770. The molecule has 0 amide bonds.